The number of piperazine rings is 1. The number of hydrogen-bond donors (Lipinski definition) is 1. The van der Waals surface area contributed by atoms with Crippen molar-refractivity contribution in [2.45, 2.75) is 26.9 Å². The van der Waals surface area contributed by atoms with Gasteiger partial charge >= 0.3 is 0 Å². The molecule has 0 amide bonds. The highest BCUT2D eigenvalue weighted by atomic mass is 16.5. The second-order valence-electron chi connectivity index (χ2n) is 8.37. The van der Waals surface area contributed by atoms with Crippen molar-refractivity contribution in [1.29, 1.82) is 0 Å². The number of methoxy groups -OCH3 is 1. The van der Waals surface area contributed by atoms with Gasteiger partial charge in [-0.1, -0.05) is 30.3 Å². The lowest BCUT2D eigenvalue weighted by molar-refractivity contribution is 0.0472. The SMILES string of the molecule is CCO/C(CN1CCN(CC(O)COc2ccccc2OC)CC1)=N\c1c(C)cccc1C. The van der Waals surface area contributed by atoms with Crippen molar-refractivity contribution in [1.82, 2.24) is 9.80 Å². The lowest BCUT2D eigenvalue weighted by Gasteiger charge is -2.35. The maximum atomic E-state index is 10.5. The normalized spacial score (nSPS) is 16.5. The van der Waals surface area contributed by atoms with Gasteiger partial charge < -0.3 is 19.3 Å². The van der Waals surface area contributed by atoms with Crippen molar-refractivity contribution in [3.05, 3.63) is 53.6 Å². The molecular weight excluding hydrogens is 418 g/mol. The third-order valence-corrected chi connectivity index (χ3v) is 5.78. The van der Waals surface area contributed by atoms with Crippen LogP contribution in [0.3, 0.4) is 0 Å². The quantitative estimate of drug-likeness (QED) is 0.437. The number of rotatable bonds is 10. The van der Waals surface area contributed by atoms with Crippen molar-refractivity contribution in [2.75, 3.05) is 59.6 Å². The molecule has 0 aromatic heterocycles. The summed E-state index contributed by atoms with van der Waals surface area (Å²) in [5.74, 6) is 2.08. The van der Waals surface area contributed by atoms with E-state index in [4.69, 9.17) is 19.2 Å². The summed E-state index contributed by atoms with van der Waals surface area (Å²) in [7, 11) is 1.61. The zero-order valence-electron chi connectivity index (χ0n) is 20.3. The van der Waals surface area contributed by atoms with Gasteiger partial charge in [-0.15, -0.1) is 0 Å². The van der Waals surface area contributed by atoms with E-state index in [2.05, 4.69) is 41.8 Å². The first-order valence-corrected chi connectivity index (χ1v) is 11.6. The van der Waals surface area contributed by atoms with E-state index in [1.54, 1.807) is 7.11 Å². The highest BCUT2D eigenvalue weighted by Crippen LogP contribution is 2.26. The van der Waals surface area contributed by atoms with Crippen LogP contribution in [0, 0.1) is 13.8 Å². The fourth-order valence-electron chi connectivity index (χ4n) is 3.98. The molecule has 1 saturated heterocycles. The molecule has 1 fully saturated rings. The number of aliphatic hydroxyl groups is 1. The van der Waals surface area contributed by atoms with Crippen LogP contribution in [-0.4, -0.2) is 86.5 Å². The number of β-amino-alcohol motifs (C(OH)–C–C–N with tert-alkyl or cyclic N) is 1. The second-order valence-corrected chi connectivity index (χ2v) is 8.37. The minimum Gasteiger partial charge on any atom is -0.493 e. The fourth-order valence-corrected chi connectivity index (χ4v) is 3.98. The van der Waals surface area contributed by atoms with Crippen molar-refractivity contribution in [3.8, 4) is 11.5 Å². The van der Waals surface area contributed by atoms with Crippen LogP contribution in [-0.2, 0) is 4.74 Å². The van der Waals surface area contributed by atoms with Crippen LogP contribution in [0.2, 0.25) is 0 Å². The Morgan fingerprint density at radius 3 is 2.24 bits per heavy atom. The molecule has 7 nitrogen and oxygen atoms in total. The van der Waals surface area contributed by atoms with Gasteiger partial charge in [0.05, 0.1) is 25.9 Å². The summed E-state index contributed by atoms with van der Waals surface area (Å²) >= 11 is 0. The Kier molecular flexibility index (Phi) is 9.54. The standard InChI is InChI=1S/C26H37N3O4/c1-5-32-25(27-26-20(2)9-8-10-21(26)3)18-29-15-13-28(14-16-29)17-22(30)19-33-24-12-7-6-11-23(24)31-4/h6-12,22,30H,5,13-19H2,1-4H3/b27-25-. The van der Waals surface area contributed by atoms with Gasteiger partial charge in [0, 0.05) is 32.7 Å². The summed E-state index contributed by atoms with van der Waals surface area (Å²) in [5.41, 5.74) is 3.31. The number of ether oxygens (including phenoxy) is 3. The largest absolute Gasteiger partial charge is 0.493 e. The molecule has 2 aromatic carbocycles. The number of aliphatic hydroxyl groups excluding tert-OH is 1. The van der Waals surface area contributed by atoms with Crippen LogP contribution >= 0.6 is 0 Å². The molecule has 1 unspecified atom stereocenters. The van der Waals surface area contributed by atoms with Crippen LogP contribution in [0.15, 0.2) is 47.5 Å². The average Bonchev–Trinajstić information content (AvgIpc) is 2.81. The van der Waals surface area contributed by atoms with Crippen LogP contribution < -0.4 is 9.47 Å². The first kappa shape index (κ1) is 25.0. The monoisotopic (exact) mass is 455 g/mol. The molecule has 0 bridgehead atoms. The molecule has 0 radical (unpaired) electrons. The predicted molar refractivity (Wildman–Crippen MR) is 132 cm³/mol. The Bertz CT molecular complexity index is 890. The Hall–Kier alpha value is -2.61. The summed E-state index contributed by atoms with van der Waals surface area (Å²) in [4.78, 5) is 9.48. The predicted octanol–water partition coefficient (Wildman–Crippen LogP) is 3.44. The van der Waals surface area contributed by atoms with Crippen molar-refractivity contribution >= 4 is 11.6 Å². The summed E-state index contributed by atoms with van der Waals surface area (Å²) < 4.78 is 16.9. The van der Waals surface area contributed by atoms with Gasteiger partial charge in [-0.05, 0) is 44.0 Å². The summed E-state index contributed by atoms with van der Waals surface area (Å²) in [5, 5.41) is 10.5. The molecule has 180 valence electrons. The van der Waals surface area contributed by atoms with E-state index >= 15 is 0 Å². The molecule has 0 saturated carbocycles. The smallest absolute Gasteiger partial charge is 0.203 e. The van der Waals surface area contributed by atoms with E-state index in [-0.39, 0.29) is 6.61 Å². The number of aryl methyl sites for hydroxylation is 2. The number of para-hydroxylation sites is 3. The zero-order valence-corrected chi connectivity index (χ0v) is 20.3. The number of hydrogen-bond acceptors (Lipinski definition) is 7. The van der Waals surface area contributed by atoms with Crippen molar-refractivity contribution in [3.63, 3.8) is 0 Å². The van der Waals surface area contributed by atoms with E-state index in [9.17, 15) is 5.11 Å². The third kappa shape index (κ3) is 7.45. The Morgan fingerprint density at radius 1 is 0.970 bits per heavy atom. The molecule has 7 heteroatoms. The molecule has 1 aliphatic heterocycles. The highest BCUT2D eigenvalue weighted by molar-refractivity contribution is 5.82. The first-order chi connectivity index (χ1) is 16.0. The Balaban J connectivity index is 1.48. The summed E-state index contributed by atoms with van der Waals surface area (Å²) in [6.07, 6.45) is -0.564. The van der Waals surface area contributed by atoms with Gasteiger partial charge in [0.25, 0.3) is 0 Å². The molecule has 3 rings (SSSR count). The van der Waals surface area contributed by atoms with Crippen LogP contribution in [0.25, 0.3) is 0 Å². The summed E-state index contributed by atoms with van der Waals surface area (Å²) in [6.45, 7) is 11.8. The van der Waals surface area contributed by atoms with E-state index in [1.807, 2.05) is 31.2 Å². The molecule has 1 N–H and O–H groups in total. The van der Waals surface area contributed by atoms with Gasteiger partial charge in [0.2, 0.25) is 5.90 Å². The van der Waals surface area contributed by atoms with Crippen LogP contribution in [0.4, 0.5) is 5.69 Å². The number of aliphatic imine (C=N–C) groups is 1. The van der Waals surface area contributed by atoms with E-state index in [0.717, 1.165) is 48.9 Å². The van der Waals surface area contributed by atoms with Crippen LogP contribution in [0.1, 0.15) is 18.1 Å². The van der Waals surface area contributed by atoms with E-state index in [0.29, 0.717) is 31.2 Å². The van der Waals surface area contributed by atoms with Gasteiger partial charge in [-0.25, -0.2) is 4.99 Å². The molecule has 2 aromatic rings. The van der Waals surface area contributed by atoms with Gasteiger partial charge in [0.1, 0.15) is 12.7 Å². The maximum absolute atomic E-state index is 10.5. The second kappa shape index (κ2) is 12.6. The van der Waals surface area contributed by atoms with Gasteiger partial charge in [0.15, 0.2) is 11.5 Å². The minimum absolute atomic E-state index is 0.234. The zero-order chi connectivity index (χ0) is 23.6. The maximum Gasteiger partial charge on any atom is 0.203 e. The van der Waals surface area contributed by atoms with Crippen molar-refractivity contribution < 1.29 is 19.3 Å². The minimum atomic E-state index is -0.564. The van der Waals surface area contributed by atoms with E-state index in [1.165, 1.54) is 0 Å². The fraction of sp³-hybridized carbons (Fsp3) is 0.500. The topological polar surface area (TPSA) is 66.8 Å². The Morgan fingerprint density at radius 2 is 1.61 bits per heavy atom. The molecular formula is C26H37N3O4. The molecule has 1 heterocycles. The van der Waals surface area contributed by atoms with Gasteiger partial charge in [-0.3, -0.25) is 9.80 Å². The first-order valence-electron chi connectivity index (χ1n) is 11.6. The lowest BCUT2D eigenvalue weighted by atomic mass is 10.1. The third-order valence-electron chi connectivity index (χ3n) is 5.78. The lowest BCUT2D eigenvalue weighted by Crippen LogP contribution is -2.50. The van der Waals surface area contributed by atoms with Gasteiger partial charge in [-0.2, -0.15) is 0 Å². The van der Waals surface area contributed by atoms with Crippen molar-refractivity contribution in [2.24, 2.45) is 4.99 Å². The molecule has 0 aliphatic carbocycles. The van der Waals surface area contributed by atoms with Crippen LogP contribution in [0.5, 0.6) is 11.5 Å². The Labute approximate surface area is 197 Å². The molecule has 0 spiro atoms. The number of benzene rings is 2. The highest BCUT2D eigenvalue weighted by Gasteiger charge is 2.21. The molecule has 33 heavy (non-hydrogen) atoms. The number of nitrogens with zero attached hydrogens (tertiary/aromatic N) is 3. The molecule has 1 aliphatic rings. The van der Waals surface area contributed by atoms with E-state index < -0.39 is 6.10 Å². The summed E-state index contributed by atoms with van der Waals surface area (Å²) in [6, 6.07) is 13.7. The average molecular weight is 456 g/mol. The molecule has 1 atom stereocenters.